The number of piperazine rings is 1. The molecule has 1 unspecified atom stereocenters. The standard InChI is InChI=1S/C5H11N3O.H2O4S/c6-5(9)4-3-7-1-2-8-4;1-5(2,3)4/h4,7-8H,1-3H2,(H2,6,9);(H2,1,2,3,4). The molecule has 0 aliphatic carbocycles. The maximum absolute atomic E-state index is 10.5. The van der Waals surface area contributed by atoms with Crippen molar-refractivity contribution >= 4 is 16.3 Å². The van der Waals surface area contributed by atoms with Crippen molar-refractivity contribution in [3.05, 3.63) is 0 Å². The van der Waals surface area contributed by atoms with E-state index in [2.05, 4.69) is 10.6 Å². The second-order valence-electron chi connectivity index (χ2n) is 2.56. The molecule has 9 heteroatoms. The molecule has 1 saturated heterocycles. The van der Waals surface area contributed by atoms with E-state index in [0.29, 0.717) is 6.54 Å². The molecule has 0 aromatic heterocycles. The minimum Gasteiger partial charge on any atom is -0.368 e. The summed E-state index contributed by atoms with van der Waals surface area (Å²) in [7, 11) is -4.67. The van der Waals surface area contributed by atoms with Crippen LogP contribution < -0.4 is 16.4 Å². The average molecular weight is 227 g/mol. The molecular formula is C5H13N3O5S. The van der Waals surface area contributed by atoms with Gasteiger partial charge in [0.15, 0.2) is 0 Å². The molecule has 8 nitrogen and oxygen atoms in total. The molecule has 6 N–H and O–H groups in total. The van der Waals surface area contributed by atoms with Crippen LogP contribution in [0.4, 0.5) is 0 Å². The van der Waals surface area contributed by atoms with Gasteiger partial charge in [-0.05, 0) is 0 Å². The lowest BCUT2D eigenvalue weighted by Crippen LogP contribution is -2.54. The molecular weight excluding hydrogens is 214 g/mol. The van der Waals surface area contributed by atoms with Crippen molar-refractivity contribution in [2.45, 2.75) is 6.04 Å². The molecule has 1 aliphatic rings. The van der Waals surface area contributed by atoms with Gasteiger partial charge in [0, 0.05) is 19.6 Å². The van der Waals surface area contributed by atoms with E-state index in [1.807, 2.05) is 0 Å². The highest BCUT2D eigenvalue weighted by Crippen LogP contribution is 1.83. The molecule has 1 amide bonds. The van der Waals surface area contributed by atoms with Gasteiger partial charge >= 0.3 is 10.4 Å². The maximum Gasteiger partial charge on any atom is 0.394 e. The highest BCUT2D eigenvalue weighted by molar-refractivity contribution is 7.79. The summed E-state index contributed by atoms with van der Waals surface area (Å²) >= 11 is 0. The van der Waals surface area contributed by atoms with Gasteiger partial charge in [0.25, 0.3) is 0 Å². The fourth-order valence-electron chi connectivity index (χ4n) is 0.855. The number of rotatable bonds is 1. The van der Waals surface area contributed by atoms with Crippen molar-refractivity contribution in [2.24, 2.45) is 5.73 Å². The Labute approximate surface area is 81.4 Å². The zero-order valence-electron chi connectivity index (χ0n) is 7.30. The smallest absolute Gasteiger partial charge is 0.368 e. The third-order valence-corrected chi connectivity index (χ3v) is 1.38. The first-order chi connectivity index (χ1) is 6.30. The molecule has 1 aliphatic heterocycles. The normalized spacial score (nSPS) is 22.0. The van der Waals surface area contributed by atoms with Crippen LogP contribution in [0.25, 0.3) is 0 Å². The molecule has 1 heterocycles. The first kappa shape index (κ1) is 13.3. The molecule has 0 spiro atoms. The highest BCUT2D eigenvalue weighted by Gasteiger charge is 2.16. The van der Waals surface area contributed by atoms with Crippen molar-refractivity contribution in [2.75, 3.05) is 19.6 Å². The zero-order valence-corrected chi connectivity index (χ0v) is 8.12. The zero-order chi connectivity index (χ0) is 11.2. The van der Waals surface area contributed by atoms with Gasteiger partial charge in [0.1, 0.15) is 0 Å². The number of hydrogen-bond acceptors (Lipinski definition) is 5. The van der Waals surface area contributed by atoms with E-state index in [0.717, 1.165) is 13.1 Å². The molecule has 1 rings (SSSR count). The monoisotopic (exact) mass is 227 g/mol. The summed E-state index contributed by atoms with van der Waals surface area (Å²) in [4.78, 5) is 10.5. The second kappa shape index (κ2) is 5.88. The van der Waals surface area contributed by atoms with E-state index in [1.54, 1.807) is 0 Å². The topological polar surface area (TPSA) is 142 Å². The Hall–Kier alpha value is -0.740. The van der Waals surface area contributed by atoms with E-state index in [9.17, 15) is 4.79 Å². The molecule has 0 bridgehead atoms. The number of carbonyl (C=O) groups is 1. The highest BCUT2D eigenvalue weighted by atomic mass is 32.3. The van der Waals surface area contributed by atoms with Gasteiger partial charge < -0.3 is 16.4 Å². The van der Waals surface area contributed by atoms with E-state index < -0.39 is 10.4 Å². The summed E-state index contributed by atoms with van der Waals surface area (Å²) in [5, 5.41) is 6.03. The summed E-state index contributed by atoms with van der Waals surface area (Å²) in [5.74, 6) is -0.276. The van der Waals surface area contributed by atoms with Crippen molar-refractivity contribution in [3.8, 4) is 0 Å². The molecule has 1 atom stereocenters. The summed E-state index contributed by atoms with van der Waals surface area (Å²) in [5.41, 5.74) is 5.03. The van der Waals surface area contributed by atoms with E-state index in [-0.39, 0.29) is 11.9 Å². The summed E-state index contributed by atoms with van der Waals surface area (Å²) in [6.07, 6.45) is 0. The van der Waals surface area contributed by atoms with Crippen LogP contribution in [0.15, 0.2) is 0 Å². The van der Waals surface area contributed by atoms with Crippen molar-refractivity contribution < 1.29 is 22.3 Å². The number of primary amides is 1. The van der Waals surface area contributed by atoms with Gasteiger partial charge in [-0.3, -0.25) is 13.9 Å². The van der Waals surface area contributed by atoms with Crippen LogP contribution in [0.5, 0.6) is 0 Å². The Morgan fingerprint density at radius 3 is 2.07 bits per heavy atom. The number of amides is 1. The Kier molecular flexibility index (Phi) is 5.57. The van der Waals surface area contributed by atoms with Crippen LogP contribution in [0.3, 0.4) is 0 Å². The first-order valence-electron chi connectivity index (χ1n) is 3.74. The maximum atomic E-state index is 10.5. The number of hydrogen-bond donors (Lipinski definition) is 5. The number of carbonyl (C=O) groups excluding carboxylic acids is 1. The summed E-state index contributed by atoms with van der Waals surface area (Å²) in [6, 6.07) is -0.168. The largest absolute Gasteiger partial charge is 0.394 e. The molecule has 0 aromatic rings. The molecule has 84 valence electrons. The van der Waals surface area contributed by atoms with Crippen LogP contribution in [0.1, 0.15) is 0 Å². The minimum atomic E-state index is -4.67. The first-order valence-corrected chi connectivity index (χ1v) is 5.13. The third kappa shape index (κ3) is 9.35. The quantitative estimate of drug-likeness (QED) is 0.309. The van der Waals surface area contributed by atoms with Gasteiger partial charge in [-0.1, -0.05) is 0 Å². The SMILES string of the molecule is NC(=O)C1CNCCN1.O=S(=O)(O)O. The molecule has 14 heavy (non-hydrogen) atoms. The van der Waals surface area contributed by atoms with Crippen LogP contribution in [-0.2, 0) is 15.2 Å². The van der Waals surface area contributed by atoms with Crippen LogP contribution >= 0.6 is 0 Å². The van der Waals surface area contributed by atoms with E-state index in [4.69, 9.17) is 23.3 Å². The molecule has 0 aromatic carbocycles. The Morgan fingerprint density at radius 2 is 1.86 bits per heavy atom. The van der Waals surface area contributed by atoms with Crippen molar-refractivity contribution in [1.82, 2.24) is 10.6 Å². The number of nitrogens with one attached hydrogen (secondary N) is 2. The Bertz CT molecular complexity index is 263. The molecule has 0 radical (unpaired) electrons. The summed E-state index contributed by atoms with van der Waals surface area (Å²) < 4.78 is 31.6. The number of nitrogens with two attached hydrogens (primary N) is 1. The van der Waals surface area contributed by atoms with Gasteiger partial charge in [-0.15, -0.1) is 0 Å². The lowest BCUT2D eigenvalue weighted by Gasteiger charge is -2.21. The predicted octanol–water partition coefficient (Wildman–Crippen LogP) is -2.62. The predicted molar refractivity (Wildman–Crippen MR) is 48.0 cm³/mol. The lowest BCUT2D eigenvalue weighted by atomic mass is 10.2. The third-order valence-electron chi connectivity index (χ3n) is 1.38. The molecule has 0 saturated carbocycles. The van der Waals surface area contributed by atoms with Gasteiger partial charge in [0.2, 0.25) is 5.91 Å². The second-order valence-corrected chi connectivity index (χ2v) is 3.46. The average Bonchev–Trinajstić information content (AvgIpc) is 2.03. The van der Waals surface area contributed by atoms with E-state index >= 15 is 0 Å². The Morgan fingerprint density at radius 1 is 1.36 bits per heavy atom. The van der Waals surface area contributed by atoms with Gasteiger partial charge in [-0.25, -0.2) is 0 Å². The lowest BCUT2D eigenvalue weighted by molar-refractivity contribution is -0.120. The van der Waals surface area contributed by atoms with Crippen molar-refractivity contribution in [1.29, 1.82) is 0 Å². The van der Waals surface area contributed by atoms with Crippen molar-refractivity contribution in [3.63, 3.8) is 0 Å². The van der Waals surface area contributed by atoms with Crippen LogP contribution in [-0.4, -0.2) is 49.1 Å². The fraction of sp³-hybridized carbons (Fsp3) is 0.800. The summed E-state index contributed by atoms with van der Waals surface area (Å²) in [6.45, 7) is 2.41. The van der Waals surface area contributed by atoms with Crippen LogP contribution in [0.2, 0.25) is 0 Å². The fourth-order valence-corrected chi connectivity index (χ4v) is 0.855. The van der Waals surface area contributed by atoms with Crippen LogP contribution in [0, 0.1) is 0 Å². The van der Waals surface area contributed by atoms with E-state index in [1.165, 1.54) is 0 Å². The minimum absolute atomic E-state index is 0.168. The molecule has 1 fully saturated rings. The van der Waals surface area contributed by atoms with Gasteiger partial charge in [-0.2, -0.15) is 8.42 Å². The Balaban J connectivity index is 0.000000292. The van der Waals surface area contributed by atoms with Gasteiger partial charge in [0.05, 0.1) is 6.04 Å².